The molecular weight excluding hydrogens is 328 g/mol. The molecule has 5 nitrogen and oxygen atoms in total. The van der Waals surface area contributed by atoms with Gasteiger partial charge in [0.1, 0.15) is 5.75 Å². The van der Waals surface area contributed by atoms with Crippen LogP contribution in [0, 0.1) is 6.92 Å². The van der Waals surface area contributed by atoms with Gasteiger partial charge >= 0.3 is 6.03 Å². The lowest BCUT2D eigenvalue weighted by molar-refractivity contribution is 0.0508. The van der Waals surface area contributed by atoms with Crippen LogP contribution in [-0.4, -0.2) is 32.9 Å². The number of carbonyl (C=O) groups is 1. The lowest BCUT2D eigenvalue weighted by Gasteiger charge is -2.38. The summed E-state index contributed by atoms with van der Waals surface area (Å²) in [4.78, 5) is 12.4. The number of benzene rings is 2. The number of rotatable bonds is 5. The largest absolute Gasteiger partial charge is 0.497 e. The third-order valence-electron chi connectivity index (χ3n) is 5.05. The van der Waals surface area contributed by atoms with Crippen molar-refractivity contribution in [3.8, 4) is 5.75 Å². The minimum Gasteiger partial charge on any atom is -0.497 e. The summed E-state index contributed by atoms with van der Waals surface area (Å²) in [7, 11) is 1.62. The van der Waals surface area contributed by atoms with Crippen LogP contribution in [0.1, 0.15) is 24.0 Å². The molecule has 26 heavy (non-hydrogen) atoms. The number of methoxy groups -OCH3 is 1. The highest BCUT2D eigenvalue weighted by molar-refractivity contribution is 5.89. The minimum atomic E-state index is -0.201. The number of hydrogen-bond acceptors (Lipinski definition) is 3. The number of anilines is 1. The van der Waals surface area contributed by atoms with Gasteiger partial charge in [0.25, 0.3) is 0 Å². The highest BCUT2D eigenvalue weighted by Gasteiger charge is 2.34. The standard InChI is InChI=1S/C21H26N2O3/c1-16-3-5-17(6-4-16)21(11-13-26-14-12-21)15-22-20(24)23-18-7-9-19(25-2)10-8-18/h3-10H,11-15H2,1-2H3,(H2,22,23,24). The van der Waals surface area contributed by atoms with Crippen molar-refractivity contribution in [3.63, 3.8) is 0 Å². The topological polar surface area (TPSA) is 59.6 Å². The van der Waals surface area contributed by atoms with Crippen molar-refractivity contribution >= 4 is 11.7 Å². The molecule has 1 aliphatic heterocycles. The maximum Gasteiger partial charge on any atom is 0.319 e. The van der Waals surface area contributed by atoms with Crippen molar-refractivity contribution in [2.45, 2.75) is 25.2 Å². The molecule has 1 heterocycles. The summed E-state index contributed by atoms with van der Waals surface area (Å²) in [5, 5.41) is 5.92. The van der Waals surface area contributed by atoms with Gasteiger partial charge in [0.15, 0.2) is 0 Å². The zero-order chi connectivity index (χ0) is 18.4. The van der Waals surface area contributed by atoms with E-state index in [0.717, 1.165) is 37.5 Å². The van der Waals surface area contributed by atoms with Gasteiger partial charge in [-0.1, -0.05) is 29.8 Å². The molecule has 0 spiro atoms. The number of urea groups is 1. The summed E-state index contributed by atoms with van der Waals surface area (Å²) in [6, 6.07) is 15.7. The van der Waals surface area contributed by atoms with Crippen molar-refractivity contribution in [2.75, 3.05) is 32.2 Å². The minimum absolute atomic E-state index is 0.0802. The fourth-order valence-electron chi connectivity index (χ4n) is 3.34. The Kier molecular flexibility index (Phi) is 5.78. The van der Waals surface area contributed by atoms with Crippen LogP contribution in [0.5, 0.6) is 5.75 Å². The Hall–Kier alpha value is -2.53. The lowest BCUT2D eigenvalue weighted by atomic mass is 9.74. The Balaban J connectivity index is 1.65. The fraction of sp³-hybridized carbons (Fsp3) is 0.381. The van der Waals surface area contributed by atoms with Crippen molar-refractivity contribution < 1.29 is 14.3 Å². The Bertz CT molecular complexity index is 720. The fourth-order valence-corrected chi connectivity index (χ4v) is 3.34. The second-order valence-corrected chi connectivity index (χ2v) is 6.79. The predicted octanol–water partition coefficient (Wildman–Crippen LogP) is 3.87. The summed E-state index contributed by atoms with van der Waals surface area (Å²) in [5.41, 5.74) is 3.15. The van der Waals surface area contributed by atoms with E-state index in [0.29, 0.717) is 6.54 Å². The highest BCUT2D eigenvalue weighted by atomic mass is 16.5. The summed E-state index contributed by atoms with van der Waals surface area (Å²) < 4.78 is 10.7. The molecule has 0 aromatic heterocycles. The van der Waals surface area contributed by atoms with E-state index in [2.05, 4.69) is 41.8 Å². The number of nitrogens with one attached hydrogen (secondary N) is 2. The molecule has 3 rings (SSSR count). The highest BCUT2D eigenvalue weighted by Crippen LogP contribution is 2.34. The molecule has 0 saturated carbocycles. The van der Waals surface area contributed by atoms with E-state index in [4.69, 9.17) is 9.47 Å². The van der Waals surface area contributed by atoms with Crippen LogP contribution in [0.25, 0.3) is 0 Å². The van der Waals surface area contributed by atoms with Crippen LogP contribution >= 0.6 is 0 Å². The second kappa shape index (κ2) is 8.23. The number of amides is 2. The Labute approximate surface area is 154 Å². The van der Waals surface area contributed by atoms with Crippen LogP contribution in [0.3, 0.4) is 0 Å². The van der Waals surface area contributed by atoms with Gasteiger partial charge in [-0.2, -0.15) is 0 Å². The summed E-state index contributed by atoms with van der Waals surface area (Å²) >= 11 is 0. The summed E-state index contributed by atoms with van der Waals surface area (Å²) in [6.45, 7) is 4.10. The Morgan fingerprint density at radius 3 is 2.35 bits per heavy atom. The average molecular weight is 354 g/mol. The molecule has 1 aliphatic rings. The molecule has 2 aromatic rings. The first-order valence-corrected chi connectivity index (χ1v) is 8.95. The Morgan fingerprint density at radius 1 is 1.08 bits per heavy atom. The van der Waals surface area contributed by atoms with Crippen LogP contribution in [-0.2, 0) is 10.2 Å². The number of aryl methyl sites for hydroxylation is 1. The van der Waals surface area contributed by atoms with Crippen molar-refractivity contribution in [3.05, 3.63) is 59.7 Å². The maximum absolute atomic E-state index is 12.4. The van der Waals surface area contributed by atoms with E-state index < -0.39 is 0 Å². The number of hydrogen-bond donors (Lipinski definition) is 2. The molecule has 0 unspecified atom stereocenters. The van der Waals surface area contributed by atoms with Gasteiger partial charge in [-0.3, -0.25) is 0 Å². The van der Waals surface area contributed by atoms with Gasteiger partial charge in [0.2, 0.25) is 0 Å². The zero-order valence-electron chi connectivity index (χ0n) is 15.4. The van der Waals surface area contributed by atoms with E-state index in [9.17, 15) is 4.79 Å². The van der Waals surface area contributed by atoms with Gasteiger partial charge in [-0.05, 0) is 49.6 Å². The third-order valence-corrected chi connectivity index (χ3v) is 5.05. The molecule has 5 heteroatoms. The summed E-state index contributed by atoms with van der Waals surface area (Å²) in [6.07, 6.45) is 1.80. The Morgan fingerprint density at radius 2 is 1.73 bits per heavy atom. The molecule has 0 radical (unpaired) electrons. The zero-order valence-corrected chi connectivity index (χ0v) is 15.4. The molecule has 138 valence electrons. The van der Waals surface area contributed by atoms with Crippen molar-refractivity contribution in [1.82, 2.24) is 5.32 Å². The van der Waals surface area contributed by atoms with Crippen LogP contribution in [0.4, 0.5) is 10.5 Å². The van der Waals surface area contributed by atoms with E-state index in [1.165, 1.54) is 11.1 Å². The molecule has 0 bridgehead atoms. The first-order chi connectivity index (χ1) is 12.6. The smallest absolute Gasteiger partial charge is 0.319 e. The first-order valence-electron chi connectivity index (χ1n) is 8.95. The first kappa shape index (κ1) is 18.3. The second-order valence-electron chi connectivity index (χ2n) is 6.79. The lowest BCUT2D eigenvalue weighted by Crippen LogP contribution is -2.45. The van der Waals surface area contributed by atoms with Gasteiger partial charge in [0, 0.05) is 30.9 Å². The van der Waals surface area contributed by atoms with E-state index >= 15 is 0 Å². The quantitative estimate of drug-likeness (QED) is 0.857. The SMILES string of the molecule is COc1ccc(NC(=O)NCC2(c3ccc(C)cc3)CCOCC2)cc1. The molecule has 2 aromatic carbocycles. The molecule has 2 amide bonds. The monoisotopic (exact) mass is 354 g/mol. The molecule has 0 atom stereocenters. The van der Waals surface area contributed by atoms with Gasteiger partial charge < -0.3 is 20.1 Å². The predicted molar refractivity (Wildman–Crippen MR) is 103 cm³/mol. The van der Waals surface area contributed by atoms with Gasteiger partial charge in [-0.25, -0.2) is 4.79 Å². The molecule has 1 saturated heterocycles. The molecule has 1 fully saturated rings. The van der Waals surface area contributed by atoms with E-state index in [1.807, 2.05) is 24.3 Å². The molecule has 2 N–H and O–H groups in total. The molecule has 0 aliphatic carbocycles. The normalized spacial score (nSPS) is 15.9. The van der Waals surface area contributed by atoms with Crippen molar-refractivity contribution in [2.24, 2.45) is 0 Å². The van der Waals surface area contributed by atoms with Gasteiger partial charge in [-0.15, -0.1) is 0 Å². The van der Waals surface area contributed by atoms with Crippen LogP contribution in [0.2, 0.25) is 0 Å². The summed E-state index contributed by atoms with van der Waals surface area (Å²) in [5.74, 6) is 0.761. The van der Waals surface area contributed by atoms with Crippen LogP contribution in [0.15, 0.2) is 48.5 Å². The van der Waals surface area contributed by atoms with Crippen molar-refractivity contribution in [1.29, 1.82) is 0 Å². The van der Waals surface area contributed by atoms with E-state index in [-0.39, 0.29) is 11.4 Å². The van der Waals surface area contributed by atoms with Gasteiger partial charge in [0.05, 0.1) is 7.11 Å². The average Bonchev–Trinajstić information content (AvgIpc) is 2.68. The number of carbonyl (C=O) groups excluding carboxylic acids is 1. The number of ether oxygens (including phenoxy) is 2. The third kappa shape index (κ3) is 4.35. The van der Waals surface area contributed by atoms with Crippen LogP contribution < -0.4 is 15.4 Å². The van der Waals surface area contributed by atoms with E-state index in [1.54, 1.807) is 7.11 Å². The maximum atomic E-state index is 12.4. The molecular formula is C21H26N2O3.